The van der Waals surface area contributed by atoms with E-state index < -0.39 is 17.9 Å². The van der Waals surface area contributed by atoms with Gasteiger partial charge >= 0.3 is 0 Å². The summed E-state index contributed by atoms with van der Waals surface area (Å²) in [4.78, 5) is 63.5. The average molecular weight is 522 g/mol. The Balaban J connectivity index is 0.00000387. The van der Waals surface area contributed by atoms with E-state index in [0.717, 1.165) is 18.2 Å². The molecule has 0 saturated carbocycles. The maximum atomic E-state index is 12.2. The van der Waals surface area contributed by atoms with Crippen LogP contribution in [0.4, 0.5) is 5.69 Å². The number of carbonyl (C=O) groups excluding carboxylic acids is 5. The summed E-state index contributed by atoms with van der Waals surface area (Å²) in [6.45, 7) is 6.08. The van der Waals surface area contributed by atoms with Crippen LogP contribution in [0.2, 0.25) is 0 Å². The van der Waals surface area contributed by atoms with Crippen molar-refractivity contribution in [3.8, 4) is 0 Å². The summed E-state index contributed by atoms with van der Waals surface area (Å²) in [7, 11) is 1.64. The molecule has 3 N–H and O–H groups in total. The lowest BCUT2D eigenvalue weighted by Gasteiger charge is -2.15. The summed E-state index contributed by atoms with van der Waals surface area (Å²) >= 11 is 4.12. The van der Waals surface area contributed by atoms with E-state index in [1.807, 2.05) is 0 Å². The van der Waals surface area contributed by atoms with Gasteiger partial charge in [0.25, 0.3) is 0 Å². The molecule has 0 aliphatic carbocycles. The maximum Gasteiger partial charge on any atom is 0.246 e. The second-order valence-electron chi connectivity index (χ2n) is 8.02. The highest BCUT2D eigenvalue weighted by atomic mass is 32.1. The number of pyridine rings is 1. The van der Waals surface area contributed by atoms with E-state index >= 15 is 0 Å². The van der Waals surface area contributed by atoms with Gasteiger partial charge in [0.2, 0.25) is 23.6 Å². The molecule has 1 aromatic heterocycles. The number of aromatic nitrogens is 1. The zero-order valence-electron chi connectivity index (χ0n) is 21.6. The van der Waals surface area contributed by atoms with Crippen molar-refractivity contribution < 1.29 is 24.0 Å². The highest BCUT2D eigenvalue weighted by molar-refractivity contribution is 7.79. The minimum Gasteiger partial charge on any atom is -0.347 e. The Morgan fingerprint density at radius 3 is 2.39 bits per heavy atom. The molecule has 0 bridgehead atoms. The summed E-state index contributed by atoms with van der Waals surface area (Å²) in [5, 5.41) is 7.71. The number of carbonyl (C=O) groups is 5. The molecule has 36 heavy (non-hydrogen) atoms. The molecule has 1 aromatic rings. The number of hydrogen-bond acceptors (Lipinski definition) is 7. The van der Waals surface area contributed by atoms with Gasteiger partial charge < -0.3 is 20.9 Å². The summed E-state index contributed by atoms with van der Waals surface area (Å²) in [5.74, 6) is -0.905. The lowest BCUT2D eigenvalue weighted by Crippen LogP contribution is -2.45. The van der Waals surface area contributed by atoms with Crippen molar-refractivity contribution in [2.45, 2.75) is 64.7 Å². The maximum absolute atomic E-state index is 12.2. The minimum absolute atomic E-state index is 0.227. The number of aldehydes is 1. The van der Waals surface area contributed by atoms with Crippen LogP contribution < -0.4 is 16.0 Å². The van der Waals surface area contributed by atoms with Crippen LogP contribution in [0, 0.1) is 0 Å². The number of rotatable bonds is 14. The van der Waals surface area contributed by atoms with E-state index in [9.17, 15) is 24.0 Å². The van der Waals surface area contributed by atoms with Crippen molar-refractivity contribution in [2.24, 2.45) is 0 Å². The van der Waals surface area contributed by atoms with Crippen LogP contribution in [-0.2, 0) is 29.7 Å². The number of likely N-dealkylation sites (N-methyl/N-ethyl adjacent to an activating group) is 1. The Kier molecular flexibility index (Phi) is 18.2. The number of hydrogen-bond donors (Lipinski definition) is 4. The van der Waals surface area contributed by atoms with Crippen LogP contribution in [0.5, 0.6) is 0 Å². The summed E-state index contributed by atoms with van der Waals surface area (Å²) in [6, 6.07) is 2.65. The van der Waals surface area contributed by atoms with Crippen molar-refractivity contribution in [1.29, 1.82) is 0 Å². The molecule has 0 radical (unpaired) electrons. The molecule has 1 atom stereocenters. The lowest BCUT2D eigenvalue weighted by atomic mass is 10.2. The first-order chi connectivity index (χ1) is 17.2. The fourth-order valence-corrected chi connectivity index (χ4v) is 2.83. The molecule has 1 rings (SSSR count). The normalized spacial score (nSPS) is 11.0. The largest absolute Gasteiger partial charge is 0.347 e. The quantitative estimate of drug-likeness (QED) is 0.128. The number of nitrogens with one attached hydrogen (secondary N) is 3. The van der Waals surface area contributed by atoms with Gasteiger partial charge in [-0.2, -0.15) is 12.6 Å². The van der Waals surface area contributed by atoms with E-state index in [1.54, 1.807) is 26.1 Å². The van der Waals surface area contributed by atoms with Gasteiger partial charge in [0, 0.05) is 31.8 Å². The SMILES string of the molecule is CC(NC(=O)CNC(=O)CCCCCN(C)C(=O)/C=C\C=O)C(=O)Nc1ccc(CS)nc1.CCC. The molecular weight excluding hydrogens is 482 g/mol. The molecule has 0 aromatic carbocycles. The monoisotopic (exact) mass is 521 g/mol. The Hall–Kier alpha value is -3.21. The molecule has 11 heteroatoms. The second-order valence-corrected chi connectivity index (χ2v) is 8.34. The van der Waals surface area contributed by atoms with E-state index in [4.69, 9.17) is 0 Å². The highest BCUT2D eigenvalue weighted by Crippen LogP contribution is 2.08. The molecule has 1 heterocycles. The Morgan fingerprint density at radius 2 is 1.81 bits per heavy atom. The number of allylic oxidation sites excluding steroid dienone is 1. The standard InChI is InChI=1S/C22H31N5O5S.C3H8/c1-16(22(32)26-17-9-10-18(15-33)23-13-17)25-20(30)14-24-19(29)7-4-3-5-11-27(2)21(31)8-6-12-28;1-3-2/h6,8-10,12-13,16,33H,3-5,7,11,14-15H2,1-2H3,(H,24,29)(H,25,30)(H,26,32);3H2,1-2H3/b8-6-;. The Bertz CT molecular complexity index is 861. The molecule has 0 fully saturated rings. The van der Waals surface area contributed by atoms with Gasteiger partial charge in [0.1, 0.15) is 12.3 Å². The van der Waals surface area contributed by atoms with Gasteiger partial charge in [0.05, 0.1) is 24.1 Å². The number of anilines is 1. The first-order valence-corrected chi connectivity index (χ1v) is 12.6. The van der Waals surface area contributed by atoms with Gasteiger partial charge in [-0.15, -0.1) is 0 Å². The predicted molar refractivity (Wildman–Crippen MR) is 143 cm³/mol. The first-order valence-electron chi connectivity index (χ1n) is 12.0. The van der Waals surface area contributed by atoms with E-state index in [2.05, 4.69) is 47.4 Å². The minimum atomic E-state index is -0.792. The molecule has 0 aliphatic rings. The van der Waals surface area contributed by atoms with Crippen molar-refractivity contribution in [3.63, 3.8) is 0 Å². The molecule has 0 spiro atoms. The summed E-state index contributed by atoms with van der Waals surface area (Å²) < 4.78 is 0. The summed E-state index contributed by atoms with van der Waals surface area (Å²) in [6.07, 6.45) is 7.96. The molecular formula is C25H39N5O5S. The zero-order chi connectivity index (χ0) is 27.3. The average Bonchev–Trinajstić information content (AvgIpc) is 2.86. The number of unbranched alkanes of at least 4 members (excludes halogenated alkanes) is 2. The van der Waals surface area contributed by atoms with Crippen molar-refractivity contribution in [1.82, 2.24) is 20.5 Å². The van der Waals surface area contributed by atoms with Crippen LogP contribution in [0.15, 0.2) is 30.5 Å². The van der Waals surface area contributed by atoms with Gasteiger partial charge in [0.15, 0.2) is 0 Å². The third-order valence-electron chi connectivity index (χ3n) is 4.56. The third kappa shape index (κ3) is 15.6. The van der Waals surface area contributed by atoms with E-state index in [-0.39, 0.29) is 24.8 Å². The van der Waals surface area contributed by atoms with Crippen LogP contribution in [0.25, 0.3) is 0 Å². The number of nitrogens with zero attached hydrogens (tertiary/aromatic N) is 2. The molecule has 0 aliphatic heterocycles. The molecule has 10 nitrogen and oxygen atoms in total. The van der Waals surface area contributed by atoms with Crippen molar-refractivity contribution in [3.05, 3.63) is 36.2 Å². The summed E-state index contributed by atoms with van der Waals surface area (Å²) in [5.41, 5.74) is 1.28. The smallest absolute Gasteiger partial charge is 0.246 e. The van der Waals surface area contributed by atoms with Crippen LogP contribution in [0.1, 0.15) is 58.6 Å². The first kappa shape index (κ1) is 32.8. The fourth-order valence-electron chi connectivity index (χ4n) is 2.64. The van der Waals surface area contributed by atoms with E-state index in [1.165, 1.54) is 23.6 Å². The topological polar surface area (TPSA) is 138 Å². The fraction of sp³-hybridized carbons (Fsp3) is 0.520. The predicted octanol–water partition coefficient (Wildman–Crippen LogP) is 2.26. The molecule has 0 saturated heterocycles. The van der Waals surface area contributed by atoms with Crippen LogP contribution in [-0.4, -0.2) is 66.0 Å². The van der Waals surface area contributed by atoms with Crippen LogP contribution in [0.3, 0.4) is 0 Å². The van der Waals surface area contributed by atoms with E-state index in [0.29, 0.717) is 37.1 Å². The van der Waals surface area contributed by atoms with Gasteiger partial charge in [-0.05, 0) is 38.0 Å². The van der Waals surface area contributed by atoms with Crippen molar-refractivity contribution >= 4 is 48.2 Å². The third-order valence-corrected chi connectivity index (χ3v) is 4.89. The van der Waals surface area contributed by atoms with Crippen molar-refractivity contribution in [2.75, 3.05) is 25.5 Å². The molecule has 1 unspecified atom stereocenters. The molecule has 4 amide bonds. The highest BCUT2D eigenvalue weighted by Gasteiger charge is 2.16. The van der Waals surface area contributed by atoms with Gasteiger partial charge in [-0.3, -0.25) is 29.0 Å². The lowest BCUT2D eigenvalue weighted by molar-refractivity contribution is -0.128. The number of thiol groups is 1. The molecule has 200 valence electrons. The Morgan fingerprint density at radius 1 is 1.11 bits per heavy atom. The van der Waals surface area contributed by atoms with Crippen LogP contribution >= 0.6 is 12.6 Å². The second kappa shape index (κ2) is 20.0. The Labute approximate surface area is 219 Å². The van der Waals surface area contributed by atoms with Gasteiger partial charge in [-0.25, -0.2) is 0 Å². The number of amides is 4. The zero-order valence-corrected chi connectivity index (χ0v) is 22.5. The van der Waals surface area contributed by atoms with Gasteiger partial charge in [-0.1, -0.05) is 26.7 Å².